The second-order valence-corrected chi connectivity index (χ2v) is 3.86. The molecule has 15 heavy (non-hydrogen) atoms. The zero-order valence-corrected chi connectivity index (χ0v) is 9.81. The third kappa shape index (κ3) is 2.30. The predicted molar refractivity (Wildman–Crippen MR) is 60.5 cm³/mol. The van der Waals surface area contributed by atoms with Crippen LogP contribution in [-0.4, -0.2) is 10.7 Å². The number of nitro groups is 1. The minimum Gasteiger partial charge on any atom is -0.294 e. The van der Waals surface area contributed by atoms with Crippen molar-refractivity contribution in [2.75, 3.05) is 0 Å². The van der Waals surface area contributed by atoms with Crippen LogP contribution in [0.2, 0.25) is 0 Å². The standard InChI is InChI=1S/C9H5IN2O3/c1-5(13)8-3-7(12(14)15)2-6(4-11)9(8)10/h2-3H,1H3. The molecule has 0 atom stereocenters. The molecule has 0 aliphatic heterocycles. The average molecular weight is 316 g/mol. The van der Waals surface area contributed by atoms with Crippen molar-refractivity contribution in [2.45, 2.75) is 6.92 Å². The number of nitro benzene ring substituents is 1. The topological polar surface area (TPSA) is 84.0 Å². The maximum atomic E-state index is 11.2. The van der Waals surface area contributed by atoms with Crippen LogP contribution in [0.3, 0.4) is 0 Å². The number of ketones is 1. The third-order valence-corrected chi connectivity index (χ3v) is 2.93. The molecule has 0 radical (unpaired) electrons. The molecular weight excluding hydrogens is 311 g/mol. The summed E-state index contributed by atoms with van der Waals surface area (Å²) in [6, 6.07) is 4.17. The van der Waals surface area contributed by atoms with Gasteiger partial charge in [0.15, 0.2) is 5.78 Å². The fourth-order valence-electron chi connectivity index (χ4n) is 1.05. The highest BCUT2D eigenvalue weighted by Crippen LogP contribution is 2.24. The lowest BCUT2D eigenvalue weighted by atomic mass is 10.1. The number of carbonyl (C=O) groups excluding carboxylic acids is 1. The number of nitriles is 1. The Morgan fingerprint density at radius 1 is 1.60 bits per heavy atom. The molecule has 1 rings (SSSR count). The molecule has 0 bridgehead atoms. The first kappa shape index (κ1) is 11.6. The van der Waals surface area contributed by atoms with Crippen LogP contribution in [0.25, 0.3) is 0 Å². The van der Waals surface area contributed by atoms with Crippen LogP contribution >= 0.6 is 22.6 Å². The van der Waals surface area contributed by atoms with Crippen LogP contribution in [-0.2, 0) is 0 Å². The number of non-ortho nitro benzene ring substituents is 1. The van der Waals surface area contributed by atoms with Gasteiger partial charge in [-0.05, 0) is 29.5 Å². The third-order valence-electron chi connectivity index (χ3n) is 1.77. The Balaban J connectivity index is 3.54. The quantitative estimate of drug-likeness (QED) is 0.363. The lowest BCUT2D eigenvalue weighted by molar-refractivity contribution is -0.384. The Labute approximate surface area is 99.0 Å². The van der Waals surface area contributed by atoms with Crippen LogP contribution in [0, 0.1) is 25.0 Å². The number of carbonyl (C=O) groups is 1. The molecule has 0 N–H and O–H groups in total. The van der Waals surface area contributed by atoms with Gasteiger partial charge in [0.2, 0.25) is 0 Å². The van der Waals surface area contributed by atoms with Gasteiger partial charge in [0.05, 0.1) is 10.5 Å². The van der Waals surface area contributed by atoms with Gasteiger partial charge >= 0.3 is 0 Å². The van der Waals surface area contributed by atoms with E-state index in [4.69, 9.17) is 5.26 Å². The van der Waals surface area contributed by atoms with Crippen LogP contribution in [0.4, 0.5) is 5.69 Å². The summed E-state index contributed by atoms with van der Waals surface area (Å²) < 4.78 is 0.452. The van der Waals surface area contributed by atoms with E-state index in [1.165, 1.54) is 13.0 Å². The van der Waals surface area contributed by atoms with Crippen molar-refractivity contribution in [2.24, 2.45) is 0 Å². The SMILES string of the molecule is CC(=O)c1cc([N+](=O)[O-])cc(C#N)c1I. The summed E-state index contributed by atoms with van der Waals surface area (Å²) in [6.45, 7) is 1.31. The molecule has 0 spiro atoms. The van der Waals surface area contributed by atoms with Gasteiger partial charge in [-0.3, -0.25) is 14.9 Å². The van der Waals surface area contributed by atoms with Crippen LogP contribution in [0.5, 0.6) is 0 Å². The lowest BCUT2D eigenvalue weighted by Gasteiger charge is -2.02. The van der Waals surface area contributed by atoms with Gasteiger partial charge in [0.1, 0.15) is 6.07 Å². The zero-order valence-electron chi connectivity index (χ0n) is 7.65. The van der Waals surface area contributed by atoms with E-state index in [0.29, 0.717) is 3.57 Å². The van der Waals surface area contributed by atoms with Crippen LogP contribution in [0.1, 0.15) is 22.8 Å². The lowest BCUT2D eigenvalue weighted by Crippen LogP contribution is -2.01. The van der Waals surface area contributed by atoms with E-state index in [2.05, 4.69) is 0 Å². The first-order valence-corrected chi connectivity index (χ1v) is 4.94. The number of rotatable bonds is 2. The van der Waals surface area contributed by atoms with E-state index >= 15 is 0 Å². The summed E-state index contributed by atoms with van der Waals surface area (Å²) in [7, 11) is 0. The highest BCUT2D eigenvalue weighted by Gasteiger charge is 2.17. The molecule has 0 heterocycles. The summed E-state index contributed by atoms with van der Waals surface area (Å²) in [4.78, 5) is 21.1. The van der Waals surface area contributed by atoms with E-state index in [1.807, 2.05) is 28.7 Å². The normalized spacial score (nSPS) is 9.40. The monoisotopic (exact) mass is 316 g/mol. The van der Waals surface area contributed by atoms with Crippen molar-refractivity contribution in [1.82, 2.24) is 0 Å². The molecule has 6 heteroatoms. The minimum atomic E-state index is -0.622. The molecular formula is C9H5IN2O3. The minimum absolute atomic E-state index is 0.148. The molecule has 76 valence electrons. The number of hydrogen-bond donors (Lipinski definition) is 0. The molecule has 1 aromatic rings. The highest BCUT2D eigenvalue weighted by atomic mass is 127. The van der Waals surface area contributed by atoms with Crippen LogP contribution < -0.4 is 0 Å². The van der Waals surface area contributed by atoms with Crippen molar-refractivity contribution in [3.63, 3.8) is 0 Å². The van der Waals surface area contributed by atoms with Crippen molar-refractivity contribution in [1.29, 1.82) is 5.26 Å². The molecule has 0 saturated carbocycles. The smallest absolute Gasteiger partial charge is 0.271 e. The Morgan fingerprint density at radius 2 is 2.20 bits per heavy atom. The average Bonchev–Trinajstić information content (AvgIpc) is 2.17. The number of benzene rings is 1. The maximum Gasteiger partial charge on any atom is 0.271 e. The largest absolute Gasteiger partial charge is 0.294 e. The van der Waals surface area contributed by atoms with Crippen molar-refractivity contribution in [3.05, 3.63) is 36.9 Å². The van der Waals surface area contributed by atoms with E-state index in [-0.39, 0.29) is 22.6 Å². The van der Waals surface area contributed by atoms with Gasteiger partial charge in [-0.25, -0.2) is 0 Å². The van der Waals surface area contributed by atoms with Crippen molar-refractivity contribution >= 4 is 34.1 Å². The Hall–Kier alpha value is -1.49. The highest BCUT2D eigenvalue weighted by molar-refractivity contribution is 14.1. The molecule has 5 nitrogen and oxygen atoms in total. The van der Waals surface area contributed by atoms with Crippen LogP contribution in [0.15, 0.2) is 12.1 Å². The molecule has 1 aromatic carbocycles. The first-order chi connectivity index (χ1) is 6.97. The molecule has 0 aromatic heterocycles. The van der Waals surface area contributed by atoms with Crippen molar-refractivity contribution < 1.29 is 9.72 Å². The fourth-order valence-corrected chi connectivity index (χ4v) is 1.86. The number of halogens is 1. The van der Waals surface area contributed by atoms with E-state index in [1.54, 1.807) is 0 Å². The summed E-state index contributed by atoms with van der Waals surface area (Å²) in [6.07, 6.45) is 0. The second kappa shape index (κ2) is 4.35. The van der Waals surface area contributed by atoms with Gasteiger partial charge in [-0.15, -0.1) is 0 Å². The molecule has 0 unspecified atom stereocenters. The second-order valence-electron chi connectivity index (χ2n) is 2.78. The Morgan fingerprint density at radius 3 is 2.60 bits per heavy atom. The fraction of sp³-hybridized carbons (Fsp3) is 0.111. The number of Topliss-reactive ketones (excluding diaryl/α,β-unsaturated/α-hetero) is 1. The molecule has 0 aliphatic carbocycles. The Bertz CT molecular complexity index is 491. The number of nitrogens with zero attached hydrogens (tertiary/aromatic N) is 2. The summed E-state index contributed by atoms with van der Waals surface area (Å²) in [5, 5.41) is 19.3. The summed E-state index contributed by atoms with van der Waals surface area (Å²) >= 11 is 1.83. The van der Waals surface area contributed by atoms with Gasteiger partial charge in [-0.2, -0.15) is 5.26 Å². The summed E-state index contributed by atoms with van der Waals surface area (Å²) in [5.74, 6) is -0.292. The van der Waals surface area contributed by atoms with E-state index in [0.717, 1.165) is 6.07 Å². The maximum absolute atomic E-state index is 11.2. The van der Waals surface area contributed by atoms with Crippen molar-refractivity contribution in [3.8, 4) is 6.07 Å². The number of hydrogen-bond acceptors (Lipinski definition) is 4. The molecule has 0 aliphatic rings. The zero-order chi connectivity index (χ0) is 11.6. The predicted octanol–water partition coefficient (Wildman–Crippen LogP) is 2.27. The van der Waals surface area contributed by atoms with Gasteiger partial charge < -0.3 is 0 Å². The van der Waals surface area contributed by atoms with E-state index < -0.39 is 4.92 Å². The first-order valence-electron chi connectivity index (χ1n) is 3.86. The van der Waals surface area contributed by atoms with Gasteiger partial charge in [0.25, 0.3) is 5.69 Å². The molecule has 0 saturated heterocycles. The van der Waals surface area contributed by atoms with E-state index in [9.17, 15) is 14.9 Å². The molecule has 0 fully saturated rings. The van der Waals surface area contributed by atoms with Gasteiger partial charge in [-0.1, -0.05) is 0 Å². The Kier molecular flexibility index (Phi) is 3.36. The summed E-state index contributed by atoms with van der Waals surface area (Å²) in [5.41, 5.74) is 0.119. The molecule has 0 amide bonds. The van der Waals surface area contributed by atoms with Gasteiger partial charge in [0, 0.05) is 21.3 Å².